The van der Waals surface area contributed by atoms with Crippen LogP contribution < -0.4 is 5.32 Å². The molecule has 1 spiro atoms. The van der Waals surface area contributed by atoms with E-state index >= 15 is 0 Å². The Hall–Kier alpha value is -1.92. The molecule has 30 heavy (non-hydrogen) atoms. The molecular weight excluding hydrogens is 384 g/mol. The number of nitrogens with one attached hydrogen (secondary N) is 1. The normalized spacial score (nSPS) is 42.0. The van der Waals surface area contributed by atoms with Gasteiger partial charge in [-0.3, -0.25) is 19.3 Å². The van der Waals surface area contributed by atoms with Crippen LogP contribution in [0.5, 0.6) is 0 Å². The summed E-state index contributed by atoms with van der Waals surface area (Å²) in [5.74, 6) is 1.01. The number of carbonyl (C=O) groups is 4. The van der Waals surface area contributed by atoms with Crippen LogP contribution in [-0.4, -0.2) is 47.3 Å². The van der Waals surface area contributed by atoms with Crippen LogP contribution in [0.3, 0.4) is 0 Å². The van der Waals surface area contributed by atoms with Crippen molar-refractivity contribution in [1.82, 2.24) is 10.2 Å². The summed E-state index contributed by atoms with van der Waals surface area (Å²) in [5.41, 5.74) is -1.19. The molecule has 0 aromatic heterocycles. The number of amides is 3. The third-order valence-corrected chi connectivity index (χ3v) is 8.78. The first-order valence-corrected chi connectivity index (χ1v) is 11.6. The number of imide groups is 1. The Bertz CT molecular complexity index is 757. The molecule has 2 atom stereocenters. The maximum absolute atomic E-state index is 13.0. The molecule has 1 aliphatic heterocycles. The van der Waals surface area contributed by atoms with Crippen LogP contribution in [0.15, 0.2) is 0 Å². The molecule has 1 saturated heterocycles. The fraction of sp³-hybridized carbons (Fsp3) is 0.826. The number of rotatable bonds is 5. The van der Waals surface area contributed by atoms with Crippen LogP contribution in [0.4, 0.5) is 4.79 Å². The lowest BCUT2D eigenvalue weighted by Gasteiger charge is -2.55. The molecule has 0 radical (unpaired) electrons. The van der Waals surface area contributed by atoms with Gasteiger partial charge in [-0.05, 0) is 75.0 Å². The smallest absolute Gasteiger partial charge is 0.326 e. The van der Waals surface area contributed by atoms with Crippen molar-refractivity contribution in [1.29, 1.82) is 0 Å². The minimum absolute atomic E-state index is 0.0320. The summed E-state index contributed by atoms with van der Waals surface area (Å²) in [4.78, 5) is 51.8. The van der Waals surface area contributed by atoms with E-state index in [9.17, 15) is 19.2 Å². The number of hydrogen-bond acceptors (Lipinski definition) is 5. The summed E-state index contributed by atoms with van der Waals surface area (Å²) < 4.78 is 5.29. The second-order valence-electron chi connectivity index (χ2n) is 10.7. The Morgan fingerprint density at radius 2 is 1.70 bits per heavy atom. The van der Waals surface area contributed by atoms with Crippen LogP contribution in [0.2, 0.25) is 0 Å². The van der Waals surface area contributed by atoms with E-state index in [0.29, 0.717) is 24.2 Å². The van der Waals surface area contributed by atoms with Crippen molar-refractivity contribution < 1.29 is 23.9 Å². The highest BCUT2D eigenvalue weighted by Crippen LogP contribution is 2.60. The van der Waals surface area contributed by atoms with Gasteiger partial charge in [0, 0.05) is 5.41 Å². The predicted molar refractivity (Wildman–Crippen MR) is 107 cm³/mol. The number of carbonyl (C=O) groups excluding carboxylic acids is 4. The molecule has 0 unspecified atom stereocenters. The lowest BCUT2D eigenvalue weighted by molar-refractivity contribution is -0.158. The highest BCUT2D eigenvalue weighted by molar-refractivity contribution is 6.09. The summed E-state index contributed by atoms with van der Waals surface area (Å²) >= 11 is 0. The van der Waals surface area contributed by atoms with Gasteiger partial charge in [-0.15, -0.1) is 0 Å². The number of Topliss-reactive ketones (excluding diaryl/α,β-unsaturated/α-hetero) is 1. The van der Waals surface area contributed by atoms with Gasteiger partial charge in [0.1, 0.15) is 12.1 Å². The van der Waals surface area contributed by atoms with Gasteiger partial charge in [0.15, 0.2) is 12.4 Å². The molecule has 1 heterocycles. The summed E-state index contributed by atoms with van der Waals surface area (Å²) in [6.07, 6.45) is 9.96. The van der Waals surface area contributed by atoms with E-state index in [-0.39, 0.29) is 29.6 Å². The molecule has 7 heteroatoms. The largest absolute Gasteiger partial charge is 0.456 e. The Morgan fingerprint density at radius 1 is 1.07 bits per heavy atom. The molecule has 6 fully saturated rings. The van der Waals surface area contributed by atoms with Crippen molar-refractivity contribution in [3.8, 4) is 0 Å². The first kappa shape index (κ1) is 20.0. The highest BCUT2D eigenvalue weighted by Gasteiger charge is 2.56. The molecule has 1 N–H and O–H groups in total. The maximum atomic E-state index is 13.0. The first-order chi connectivity index (χ1) is 14.3. The summed E-state index contributed by atoms with van der Waals surface area (Å²) in [6.45, 7) is 1.31. The van der Waals surface area contributed by atoms with E-state index < -0.39 is 24.1 Å². The molecular formula is C23H32N2O5. The molecule has 0 aromatic carbocycles. The number of esters is 1. The van der Waals surface area contributed by atoms with Gasteiger partial charge in [-0.25, -0.2) is 4.79 Å². The minimum Gasteiger partial charge on any atom is -0.456 e. The van der Waals surface area contributed by atoms with Gasteiger partial charge >= 0.3 is 12.0 Å². The molecule has 0 aromatic rings. The Labute approximate surface area is 177 Å². The number of hydrogen-bond donors (Lipinski definition) is 1. The van der Waals surface area contributed by atoms with E-state index in [1.165, 1.54) is 19.3 Å². The lowest BCUT2D eigenvalue weighted by atomic mass is 9.48. The van der Waals surface area contributed by atoms with Crippen molar-refractivity contribution in [3.63, 3.8) is 0 Å². The fourth-order valence-electron chi connectivity index (χ4n) is 7.57. The Kier molecular flexibility index (Phi) is 4.71. The van der Waals surface area contributed by atoms with Gasteiger partial charge in [-0.1, -0.05) is 19.8 Å². The van der Waals surface area contributed by atoms with Crippen LogP contribution in [0.1, 0.15) is 71.1 Å². The Morgan fingerprint density at radius 3 is 2.30 bits per heavy atom. The molecule has 4 bridgehead atoms. The van der Waals surface area contributed by atoms with Crippen LogP contribution in [-0.2, 0) is 19.1 Å². The zero-order valence-corrected chi connectivity index (χ0v) is 17.8. The number of nitrogens with zero attached hydrogens (tertiary/aromatic N) is 1. The Balaban J connectivity index is 1.18. The number of ether oxygens (including phenoxy) is 1. The summed E-state index contributed by atoms with van der Waals surface area (Å²) in [5, 5.41) is 2.84. The van der Waals surface area contributed by atoms with E-state index in [4.69, 9.17) is 4.74 Å². The van der Waals surface area contributed by atoms with Gasteiger partial charge < -0.3 is 10.1 Å². The van der Waals surface area contributed by atoms with Gasteiger partial charge in [0.2, 0.25) is 0 Å². The SMILES string of the molecule is C[C@H]1CCCC[C@@]12NC(=O)N(CC(=O)OCC(=O)C13CC4CC(CC(C4)C1)C3)C2=O. The fourth-order valence-corrected chi connectivity index (χ4v) is 7.57. The van der Waals surface area contributed by atoms with E-state index in [1.54, 1.807) is 0 Å². The van der Waals surface area contributed by atoms with Crippen molar-refractivity contribution in [2.75, 3.05) is 13.2 Å². The summed E-state index contributed by atoms with van der Waals surface area (Å²) in [6, 6.07) is -0.530. The zero-order valence-electron chi connectivity index (χ0n) is 17.8. The van der Waals surface area contributed by atoms with Crippen molar-refractivity contribution >= 4 is 23.7 Å². The van der Waals surface area contributed by atoms with Crippen LogP contribution in [0.25, 0.3) is 0 Å². The third-order valence-electron chi connectivity index (χ3n) is 8.78. The van der Waals surface area contributed by atoms with Gasteiger partial charge in [0.25, 0.3) is 5.91 Å². The van der Waals surface area contributed by atoms with Gasteiger partial charge in [0.05, 0.1) is 0 Å². The zero-order chi connectivity index (χ0) is 21.1. The molecule has 6 aliphatic rings. The highest BCUT2D eigenvalue weighted by atomic mass is 16.5. The molecule has 164 valence electrons. The third kappa shape index (κ3) is 3.07. The number of urea groups is 1. The maximum Gasteiger partial charge on any atom is 0.326 e. The average molecular weight is 417 g/mol. The van der Waals surface area contributed by atoms with E-state index in [0.717, 1.165) is 43.4 Å². The predicted octanol–water partition coefficient (Wildman–Crippen LogP) is 2.82. The molecule has 5 saturated carbocycles. The molecule has 7 nitrogen and oxygen atoms in total. The monoisotopic (exact) mass is 416 g/mol. The second kappa shape index (κ2) is 7.06. The molecule has 5 aliphatic carbocycles. The number of ketones is 1. The minimum atomic E-state index is -0.884. The topological polar surface area (TPSA) is 92.8 Å². The van der Waals surface area contributed by atoms with E-state index in [1.807, 2.05) is 6.92 Å². The summed E-state index contributed by atoms with van der Waals surface area (Å²) in [7, 11) is 0. The van der Waals surface area contributed by atoms with Crippen molar-refractivity contribution in [2.45, 2.75) is 76.7 Å². The van der Waals surface area contributed by atoms with Crippen LogP contribution >= 0.6 is 0 Å². The standard InChI is InChI=1S/C23H32N2O5/c1-14-4-2-3-5-23(14)20(28)25(21(29)24-23)12-19(27)30-13-18(26)22-9-15-6-16(10-22)8-17(7-15)11-22/h14-17H,2-13H2,1H3,(H,24,29)/t14-,15?,16?,17?,22?,23+/m0/s1. The quantitative estimate of drug-likeness (QED) is 0.550. The average Bonchev–Trinajstić information content (AvgIpc) is 2.92. The lowest BCUT2D eigenvalue weighted by Crippen LogP contribution is -2.54. The first-order valence-electron chi connectivity index (χ1n) is 11.6. The van der Waals surface area contributed by atoms with Crippen molar-refractivity contribution in [3.05, 3.63) is 0 Å². The van der Waals surface area contributed by atoms with E-state index in [2.05, 4.69) is 5.32 Å². The second-order valence-corrected chi connectivity index (χ2v) is 10.7. The van der Waals surface area contributed by atoms with Crippen molar-refractivity contribution in [2.24, 2.45) is 29.1 Å². The van der Waals surface area contributed by atoms with Crippen LogP contribution in [0, 0.1) is 29.1 Å². The molecule has 3 amide bonds. The van der Waals surface area contributed by atoms with Gasteiger partial charge in [-0.2, -0.15) is 0 Å². The molecule has 6 rings (SSSR count).